The minimum absolute atomic E-state index is 0.155. The van der Waals surface area contributed by atoms with E-state index in [1.165, 1.54) is 0 Å². The summed E-state index contributed by atoms with van der Waals surface area (Å²) in [6, 6.07) is 0. The molecular formula is C7H18O4Si. The normalized spacial score (nSPS) is 14.8. The lowest BCUT2D eigenvalue weighted by molar-refractivity contribution is 0.0921. The quantitative estimate of drug-likeness (QED) is 0.589. The summed E-state index contributed by atoms with van der Waals surface area (Å²) in [5, 5.41) is 0. The van der Waals surface area contributed by atoms with E-state index in [1.807, 2.05) is 6.92 Å². The molecule has 0 aliphatic rings. The zero-order valence-electron chi connectivity index (χ0n) is 8.42. The average molecular weight is 194 g/mol. The first-order chi connectivity index (χ1) is 5.66. The van der Waals surface area contributed by atoms with E-state index >= 15 is 0 Å². The molecule has 0 rings (SSSR count). The van der Waals surface area contributed by atoms with Crippen molar-refractivity contribution in [1.29, 1.82) is 0 Å². The average Bonchev–Trinajstić information content (AvgIpc) is 2.09. The third kappa shape index (κ3) is 2.53. The Morgan fingerprint density at radius 3 is 1.67 bits per heavy atom. The fourth-order valence-corrected chi connectivity index (χ4v) is 3.28. The third-order valence-electron chi connectivity index (χ3n) is 1.87. The highest BCUT2D eigenvalue weighted by atomic mass is 28.4. The van der Waals surface area contributed by atoms with Gasteiger partial charge in [-0.05, 0) is 0 Å². The smallest absolute Gasteiger partial charge is 0.384 e. The summed E-state index contributed by atoms with van der Waals surface area (Å²) in [6.45, 7) is 2.58. The van der Waals surface area contributed by atoms with Gasteiger partial charge in [0.1, 0.15) is 0 Å². The second kappa shape index (κ2) is 5.66. The molecule has 0 fully saturated rings. The number of ether oxygens (including phenoxy) is 1. The monoisotopic (exact) mass is 194 g/mol. The van der Waals surface area contributed by atoms with Gasteiger partial charge in [-0.3, -0.25) is 0 Å². The van der Waals surface area contributed by atoms with Crippen molar-refractivity contribution in [3.05, 3.63) is 0 Å². The lowest BCUT2D eigenvalue weighted by atomic mass is 10.5. The maximum absolute atomic E-state index is 5.27. The Morgan fingerprint density at radius 2 is 1.42 bits per heavy atom. The first-order valence-corrected chi connectivity index (χ1v) is 5.61. The highest BCUT2D eigenvalue weighted by Gasteiger charge is 2.44. The standard InChI is InChI=1S/C7H18O4Si/c1-7(6-8-2)12(9-3,10-4)11-5/h7H,6H2,1-5H3. The molecule has 0 aromatic rings. The first-order valence-electron chi connectivity index (χ1n) is 3.81. The number of rotatable bonds is 6. The summed E-state index contributed by atoms with van der Waals surface area (Å²) >= 11 is 0. The minimum Gasteiger partial charge on any atom is -0.384 e. The van der Waals surface area contributed by atoms with E-state index in [0.717, 1.165) is 0 Å². The molecular weight excluding hydrogens is 176 g/mol. The van der Waals surface area contributed by atoms with Gasteiger partial charge in [-0.2, -0.15) is 0 Å². The maximum Gasteiger partial charge on any atom is 0.505 e. The summed E-state index contributed by atoms with van der Waals surface area (Å²) in [6.07, 6.45) is 0. The van der Waals surface area contributed by atoms with Crippen molar-refractivity contribution in [2.75, 3.05) is 35.0 Å². The Hall–Kier alpha value is 0.0569. The molecule has 0 N–H and O–H groups in total. The van der Waals surface area contributed by atoms with Crippen LogP contribution in [0.4, 0.5) is 0 Å². The SMILES string of the molecule is COCC(C)[Si](OC)(OC)OC. The predicted molar refractivity (Wildman–Crippen MR) is 48.1 cm³/mol. The van der Waals surface area contributed by atoms with Crippen molar-refractivity contribution in [1.82, 2.24) is 0 Å². The Bertz CT molecular complexity index is 108. The second-order valence-electron chi connectivity index (χ2n) is 2.57. The molecule has 0 aromatic carbocycles. The molecule has 0 saturated heterocycles. The number of hydrogen-bond acceptors (Lipinski definition) is 4. The molecule has 0 aromatic heterocycles. The van der Waals surface area contributed by atoms with Crippen LogP contribution in [0.3, 0.4) is 0 Å². The lowest BCUT2D eigenvalue weighted by Gasteiger charge is -2.29. The van der Waals surface area contributed by atoms with Crippen LogP contribution in [0.25, 0.3) is 0 Å². The highest BCUT2D eigenvalue weighted by Crippen LogP contribution is 2.23. The fourth-order valence-electron chi connectivity index (χ4n) is 1.21. The van der Waals surface area contributed by atoms with Crippen LogP contribution in [0, 0.1) is 0 Å². The highest BCUT2D eigenvalue weighted by molar-refractivity contribution is 6.62. The molecule has 4 nitrogen and oxygen atoms in total. The summed E-state index contributed by atoms with van der Waals surface area (Å²) in [7, 11) is 3.99. The van der Waals surface area contributed by atoms with Crippen LogP contribution in [0.15, 0.2) is 0 Å². The van der Waals surface area contributed by atoms with Crippen molar-refractivity contribution in [3.8, 4) is 0 Å². The molecule has 0 bridgehead atoms. The molecule has 74 valence electrons. The molecule has 0 heterocycles. The van der Waals surface area contributed by atoms with Crippen molar-refractivity contribution < 1.29 is 18.0 Å². The Morgan fingerprint density at radius 1 is 1.00 bits per heavy atom. The number of methoxy groups -OCH3 is 1. The molecule has 0 amide bonds. The molecule has 0 spiro atoms. The molecule has 12 heavy (non-hydrogen) atoms. The van der Waals surface area contributed by atoms with Gasteiger partial charge in [0.25, 0.3) is 0 Å². The molecule has 0 radical (unpaired) electrons. The van der Waals surface area contributed by atoms with Crippen LogP contribution >= 0.6 is 0 Å². The topological polar surface area (TPSA) is 36.9 Å². The Balaban J connectivity index is 4.24. The number of hydrogen-bond donors (Lipinski definition) is 0. The predicted octanol–water partition coefficient (Wildman–Crippen LogP) is 0.901. The zero-order chi connectivity index (χ0) is 9.61. The van der Waals surface area contributed by atoms with Gasteiger partial charge in [-0.1, -0.05) is 6.92 Å². The van der Waals surface area contributed by atoms with Gasteiger partial charge in [0.15, 0.2) is 0 Å². The van der Waals surface area contributed by atoms with Crippen LogP contribution in [-0.4, -0.2) is 43.9 Å². The molecule has 1 unspecified atom stereocenters. The van der Waals surface area contributed by atoms with Gasteiger partial charge in [0, 0.05) is 34.0 Å². The van der Waals surface area contributed by atoms with E-state index in [9.17, 15) is 0 Å². The van der Waals surface area contributed by atoms with E-state index in [2.05, 4.69) is 0 Å². The van der Waals surface area contributed by atoms with E-state index in [0.29, 0.717) is 6.61 Å². The van der Waals surface area contributed by atoms with Crippen molar-refractivity contribution >= 4 is 8.80 Å². The summed E-state index contributed by atoms with van der Waals surface area (Å²) < 4.78 is 20.8. The third-order valence-corrected chi connectivity index (χ3v) is 4.95. The molecule has 5 heteroatoms. The van der Waals surface area contributed by atoms with Crippen molar-refractivity contribution in [2.24, 2.45) is 0 Å². The van der Waals surface area contributed by atoms with Gasteiger partial charge >= 0.3 is 8.80 Å². The van der Waals surface area contributed by atoms with E-state index in [-0.39, 0.29) is 5.54 Å². The van der Waals surface area contributed by atoms with E-state index < -0.39 is 8.80 Å². The van der Waals surface area contributed by atoms with Crippen LogP contribution in [0.2, 0.25) is 5.54 Å². The van der Waals surface area contributed by atoms with Crippen LogP contribution in [0.5, 0.6) is 0 Å². The van der Waals surface area contributed by atoms with Crippen molar-refractivity contribution in [3.63, 3.8) is 0 Å². The Kier molecular flexibility index (Phi) is 5.69. The molecule has 0 aliphatic carbocycles. The van der Waals surface area contributed by atoms with Crippen LogP contribution in [0.1, 0.15) is 6.92 Å². The van der Waals surface area contributed by atoms with Crippen molar-refractivity contribution in [2.45, 2.75) is 12.5 Å². The van der Waals surface area contributed by atoms with Gasteiger partial charge in [0.05, 0.1) is 6.61 Å². The molecule has 1 atom stereocenters. The first kappa shape index (κ1) is 12.1. The zero-order valence-corrected chi connectivity index (χ0v) is 9.42. The van der Waals surface area contributed by atoms with E-state index in [1.54, 1.807) is 28.4 Å². The molecule has 0 saturated carbocycles. The van der Waals surface area contributed by atoms with Gasteiger partial charge < -0.3 is 18.0 Å². The molecule has 0 aliphatic heterocycles. The largest absolute Gasteiger partial charge is 0.505 e. The second-order valence-corrected chi connectivity index (χ2v) is 5.99. The van der Waals surface area contributed by atoms with Gasteiger partial charge in [-0.25, -0.2) is 0 Å². The van der Waals surface area contributed by atoms with Gasteiger partial charge in [-0.15, -0.1) is 0 Å². The summed E-state index contributed by atoms with van der Waals surface area (Å²) in [5.74, 6) is 0. The minimum atomic E-state index is -2.47. The Labute approximate surface area is 75.1 Å². The van der Waals surface area contributed by atoms with Crippen LogP contribution in [-0.2, 0) is 18.0 Å². The lowest BCUT2D eigenvalue weighted by Crippen LogP contribution is -2.48. The van der Waals surface area contributed by atoms with Gasteiger partial charge in [0.2, 0.25) is 0 Å². The van der Waals surface area contributed by atoms with E-state index in [4.69, 9.17) is 18.0 Å². The maximum atomic E-state index is 5.27. The summed E-state index contributed by atoms with van der Waals surface area (Å²) in [5.41, 5.74) is 0.155. The summed E-state index contributed by atoms with van der Waals surface area (Å²) in [4.78, 5) is 0. The fraction of sp³-hybridized carbons (Fsp3) is 1.00. The van der Waals surface area contributed by atoms with Crippen LogP contribution < -0.4 is 0 Å².